The van der Waals surface area contributed by atoms with Gasteiger partial charge in [-0.1, -0.05) is 12.1 Å². The lowest BCUT2D eigenvalue weighted by atomic mass is 10.0. The maximum Gasteiger partial charge on any atom is 0.251 e. The number of carbonyl (C=O) groups excluding carboxylic acids is 1. The first-order valence-electron chi connectivity index (χ1n) is 4.01. The van der Waals surface area contributed by atoms with E-state index in [1.807, 2.05) is 0 Å². The Morgan fingerprint density at radius 1 is 1.38 bits per heavy atom. The molecule has 4 nitrogen and oxygen atoms in total. The number of benzene rings is 1. The van der Waals surface area contributed by atoms with Crippen LogP contribution in [0.15, 0.2) is 18.2 Å². The normalized spacial score (nSPS) is 15.8. The van der Waals surface area contributed by atoms with Crippen LogP contribution in [0, 0.1) is 0 Å². The second-order valence-electron chi connectivity index (χ2n) is 2.96. The van der Waals surface area contributed by atoms with Crippen molar-refractivity contribution in [1.29, 1.82) is 0 Å². The van der Waals surface area contributed by atoms with Gasteiger partial charge in [-0.25, -0.2) is 0 Å². The average Bonchev–Trinajstić information content (AvgIpc) is 2.12. The summed E-state index contributed by atoms with van der Waals surface area (Å²) in [6, 6.07) is 4.53. The summed E-state index contributed by atoms with van der Waals surface area (Å²) in [7, 11) is 0. The van der Waals surface area contributed by atoms with E-state index in [0.29, 0.717) is 22.7 Å². The van der Waals surface area contributed by atoms with Crippen LogP contribution in [0.3, 0.4) is 0 Å². The Kier molecular flexibility index (Phi) is 1.70. The average molecular weight is 178 g/mol. The Bertz CT molecular complexity index is 362. The summed E-state index contributed by atoms with van der Waals surface area (Å²) >= 11 is 0. The molecule has 68 valence electrons. The van der Waals surface area contributed by atoms with Gasteiger partial charge in [0.05, 0.1) is 5.69 Å². The molecule has 4 heteroatoms. The van der Waals surface area contributed by atoms with Crippen molar-refractivity contribution in [2.75, 3.05) is 5.06 Å². The molecular formula is C9H8NO3-. The highest BCUT2D eigenvalue weighted by atomic mass is 16.5. The van der Waals surface area contributed by atoms with Crippen molar-refractivity contribution in [3.05, 3.63) is 23.8 Å². The molecule has 1 aliphatic heterocycles. The summed E-state index contributed by atoms with van der Waals surface area (Å²) in [5, 5.41) is 21.1. The molecule has 1 aromatic carbocycles. The summed E-state index contributed by atoms with van der Waals surface area (Å²) in [5.41, 5.74) is 0.841. The zero-order valence-corrected chi connectivity index (χ0v) is 6.86. The number of hydroxylamine groups is 1. The summed E-state index contributed by atoms with van der Waals surface area (Å²) in [5.74, 6) is -0.484. The highest BCUT2D eigenvalue weighted by molar-refractivity contribution is 5.94. The van der Waals surface area contributed by atoms with Crippen molar-refractivity contribution in [1.82, 2.24) is 0 Å². The lowest BCUT2D eigenvalue weighted by Crippen LogP contribution is -2.32. The zero-order valence-electron chi connectivity index (χ0n) is 6.86. The van der Waals surface area contributed by atoms with E-state index < -0.39 is 0 Å². The first-order valence-corrected chi connectivity index (χ1v) is 4.01. The molecule has 0 spiro atoms. The maximum absolute atomic E-state index is 11.3. The molecule has 0 aliphatic carbocycles. The number of hydrogen-bond donors (Lipinski definition) is 1. The monoisotopic (exact) mass is 178 g/mol. The van der Waals surface area contributed by atoms with Crippen molar-refractivity contribution in [3.63, 3.8) is 0 Å². The molecule has 0 radical (unpaired) electrons. The van der Waals surface area contributed by atoms with Crippen LogP contribution in [-0.4, -0.2) is 11.1 Å². The van der Waals surface area contributed by atoms with E-state index >= 15 is 0 Å². The number of fused-ring (bicyclic) bond motifs is 1. The maximum atomic E-state index is 11.3. The summed E-state index contributed by atoms with van der Waals surface area (Å²) in [4.78, 5) is 11.0. The van der Waals surface area contributed by atoms with E-state index in [9.17, 15) is 15.1 Å². The molecule has 13 heavy (non-hydrogen) atoms. The third-order valence-electron chi connectivity index (χ3n) is 2.16. The fraction of sp³-hybridized carbons (Fsp3) is 0.222. The highest BCUT2D eigenvalue weighted by Crippen LogP contribution is 2.31. The van der Waals surface area contributed by atoms with Crippen molar-refractivity contribution >= 4 is 11.6 Å². The number of carbonyl (C=O) groups is 1. The predicted molar refractivity (Wildman–Crippen MR) is 43.5 cm³/mol. The zero-order chi connectivity index (χ0) is 9.42. The molecule has 2 rings (SSSR count). The van der Waals surface area contributed by atoms with Gasteiger partial charge in [0.15, 0.2) is 0 Å². The van der Waals surface area contributed by atoms with Crippen LogP contribution in [0.2, 0.25) is 0 Å². The Morgan fingerprint density at radius 3 is 2.92 bits per heavy atom. The molecule has 0 fully saturated rings. The highest BCUT2D eigenvalue weighted by Gasteiger charge is 2.22. The smallest absolute Gasteiger partial charge is 0.251 e. The lowest BCUT2D eigenvalue weighted by molar-refractivity contribution is -0.269. The Labute approximate surface area is 75.0 Å². The molecule has 0 saturated heterocycles. The fourth-order valence-corrected chi connectivity index (χ4v) is 1.48. The van der Waals surface area contributed by atoms with Gasteiger partial charge >= 0.3 is 0 Å². The van der Waals surface area contributed by atoms with Gasteiger partial charge in [0.25, 0.3) is 5.91 Å². The number of amides is 1. The van der Waals surface area contributed by atoms with Gasteiger partial charge in [-0.3, -0.25) is 10.0 Å². The first kappa shape index (κ1) is 8.07. The van der Waals surface area contributed by atoms with Crippen LogP contribution in [0.5, 0.6) is 5.75 Å². The van der Waals surface area contributed by atoms with Gasteiger partial charge in [-0.15, -0.1) is 5.75 Å². The molecule has 1 heterocycles. The summed E-state index contributed by atoms with van der Waals surface area (Å²) in [6.07, 6.45) is 0.619. The number of rotatable bonds is 0. The lowest BCUT2D eigenvalue weighted by Gasteiger charge is -2.27. The van der Waals surface area contributed by atoms with Crippen LogP contribution in [0.4, 0.5) is 5.69 Å². The topological polar surface area (TPSA) is 63.6 Å². The van der Waals surface area contributed by atoms with E-state index in [-0.39, 0.29) is 18.1 Å². The standard InChI is InChI=1S/C9H9NO3/c11-8-3-1-2-7-6(8)4-5-9(12)10(7)13/h1-3,11,13H,4-5H2/p-1. The van der Waals surface area contributed by atoms with E-state index in [4.69, 9.17) is 0 Å². The van der Waals surface area contributed by atoms with Crippen molar-refractivity contribution < 1.29 is 15.1 Å². The van der Waals surface area contributed by atoms with Crippen LogP contribution in [-0.2, 0) is 11.2 Å². The van der Waals surface area contributed by atoms with Crippen LogP contribution >= 0.6 is 0 Å². The van der Waals surface area contributed by atoms with Crippen molar-refractivity contribution in [2.24, 2.45) is 0 Å². The fourth-order valence-electron chi connectivity index (χ4n) is 1.48. The predicted octanol–water partition coefficient (Wildman–Crippen LogP) is 0.429. The van der Waals surface area contributed by atoms with E-state index in [2.05, 4.69) is 0 Å². The van der Waals surface area contributed by atoms with E-state index in [0.717, 1.165) is 0 Å². The van der Waals surface area contributed by atoms with Gasteiger partial charge in [0.2, 0.25) is 0 Å². The van der Waals surface area contributed by atoms with Crippen molar-refractivity contribution in [3.8, 4) is 5.75 Å². The second kappa shape index (κ2) is 2.74. The van der Waals surface area contributed by atoms with Crippen LogP contribution in [0.25, 0.3) is 0 Å². The molecule has 1 amide bonds. The minimum Gasteiger partial charge on any atom is -0.872 e. The number of hydrogen-bond acceptors (Lipinski definition) is 3. The molecule has 1 N–H and O–H groups in total. The van der Waals surface area contributed by atoms with E-state index in [1.165, 1.54) is 12.1 Å². The molecule has 0 saturated carbocycles. The molecule has 0 atom stereocenters. The van der Waals surface area contributed by atoms with Gasteiger partial charge in [-0.05, 0) is 18.1 Å². The third-order valence-corrected chi connectivity index (χ3v) is 2.16. The van der Waals surface area contributed by atoms with Crippen LogP contribution < -0.4 is 10.2 Å². The summed E-state index contributed by atoms with van der Waals surface area (Å²) in [6.45, 7) is 0. The minimum atomic E-state index is -0.363. The molecule has 1 aromatic rings. The molecule has 0 unspecified atom stereocenters. The SMILES string of the molecule is O=C1CCc2c([O-])cccc2N1O. The quantitative estimate of drug-likeness (QED) is 0.586. The Hall–Kier alpha value is -1.55. The number of nitrogens with zero attached hydrogens (tertiary/aromatic N) is 1. The van der Waals surface area contributed by atoms with Gasteiger partial charge in [-0.2, -0.15) is 5.06 Å². The largest absolute Gasteiger partial charge is 0.872 e. The van der Waals surface area contributed by atoms with Gasteiger partial charge in [0, 0.05) is 6.42 Å². The Morgan fingerprint density at radius 2 is 2.15 bits per heavy atom. The number of anilines is 1. The molecule has 0 bridgehead atoms. The molecular weight excluding hydrogens is 170 g/mol. The summed E-state index contributed by atoms with van der Waals surface area (Å²) < 4.78 is 0. The first-order chi connectivity index (χ1) is 6.20. The minimum absolute atomic E-state index is 0.121. The second-order valence-corrected chi connectivity index (χ2v) is 2.96. The van der Waals surface area contributed by atoms with Gasteiger partial charge < -0.3 is 5.11 Å². The molecule has 0 aromatic heterocycles. The van der Waals surface area contributed by atoms with Crippen molar-refractivity contribution in [2.45, 2.75) is 12.8 Å². The molecule has 1 aliphatic rings. The third kappa shape index (κ3) is 1.15. The Balaban J connectivity index is 2.55. The van der Waals surface area contributed by atoms with E-state index in [1.54, 1.807) is 6.07 Å². The van der Waals surface area contributed by atoms with Gasteiger partial charge in [0.1, 0.15) is 0 Å². The van der Waals surface area contributed by atoms with Crippen LogP contribution in [0.1, 0.15) is 12.0 Å².